The lowest BCUT2D eigenvalue weighted by Crippen LogP contribution is -2.55. The molecule has 2 aliphatic heterocycles. The first-order valence-electron chi connectivity index (χ1n) is 24.9. The van der Waals surface area contributed by atoms with E-state index in [1.165, 1.54) is 39.3 Å². The first kappa shape index (κ1) is 39.8. The molecular weight excluding hydrogens is 795 g/mol. The summed E-state index contributed by atoms with van der Waals surface area (Å²) in [6.07, 6.45) is 47.7. The Bertz CT molecular complexity index is 2540. The molecule has 12 aliphatic rings. The van der Waals surface area contributed by atoms with Crippen LogP contribution in [0.25, 0.3) is 5.70 Å². The summed E-state index contributed by atoms with van der Waals surface area (Å²) in [5.74, 6) is 2.38. The molecule has 64 heavy (non-hydrogen) atoms. The molecule has 1 aromatic rings. The molecule has 10 aliphatic carbocycles. The summed E-state index contributed by atoms with van der Waals surface area (Å²) in [6, 6.07) is 5.25. The second-order valence-electron chi connectivity index (χ2n) is 21.7. The fourth-order valence-electron chi connectivity index (χ4n) is 14.9. The molecule has 0 N–H and O–H groups in total. The van der Waals surface area contributed by atoms with Crippen molar-refractivity contribution >= 4 is 5.70 Å². The predicted octanol–water partition coefficient (Wildman–Crippen LogP) is 13.0. The van der Waals surface area contributed by atoms with Crippen LogP contribution in [0, 0.1) is 35.0 Å². The van der Waals surface area contributed by atoms with Crippen molar-refractivity contribution in [2.24, 2.45) is 35.0 Å². The third kappa shape index (κ3) is 6.02. The van der Waals surface area contributed by atoms with Gasteiger partial charge in [0.25, 0.3) is 0 Å². The summed E-state index contributed by atoms with van der Waals surface area (Å²) in [4.78, 5) is 5.30. The number of hydrogen-bond acceptors (Lipinski definition) is 4. The van der Waals surface area contributed by atoms with E-state index in [9.17, 15) is 8.78 Å². The molecule has 0 radical (unpaired) electrons. The van der Waals surface area contributed by atoms with Gasteiger partial charge in [-0.25, -0.2) is 8.78 Å². The molecule has 15 unspecified atom stereocenters. The molecule has 1 saturated carbocycles. The number of hydrogen-bond donors (Lipinski definition) is 0. The maximum Gasteiger partial charge on any atom is 0.122 e. The number of fused-ring (bicyclic) bond motifs is 6. The van der Waals surface area contributed by atoms with Crippen LogP contribution in [0.1, 0.15) is 119 Å². The average Bonchev–Trinajstić information content (AvgIpc) is 3.89. The number of allylic oxidation sites excluding steroid dienone is 14. The van der Waals surface area contributed by atoms with Crippen molar-refractivity contribution < 1.29 is 18.3 Å². The van der Waals surface area contributed by atoms with E-state index in [-0.39, 0.29) is 59.6 Å². The molecular formula is C58H62F2N2O2. The first-order valence-corrected chi connectivity index (χ1v) is 24.9. The largest absolute Gasteiger partial charge is 0.367 e. The van der Waals surface area contributed by atoms with E-state index in [4.69, 9.17) is 9.47 Å². The molecule has 2 saturated heterocycles. The smallest absolute Gasteiger partial charge is 0.122 e. The number of halogens is 2. The van der Waals surface area contributed by atoms with Gasteiger partial charge in [-0.2, -0.15) is 0 Å². The molecule has 4 nitrogen and oxygen atoms in total. The van der Waals surface area contributed by atoms with Crippen LogP contribution in [0.15, 0.2) is 150 Å². The topological polar surface area (TPSA) is 24.9 Å². The van der Waals surface area contributed by atoms with Crippen LogP contribution in [0.5, 0.6) is 0 Å². The Labute approximate surface area is 378 Å². The Balaban J connectivity index is 0.976. The normalized spacial score (nSPS) is 41.0. The Hall–Kier alpha value is -4.52. The van der Waals surface area contributed by atoms with Gasteiger partial charge in [-0.3, -0.25) is 0 Å². The van der Waals surface area contributed by atoms with Gasteiger partial charge in [-0.1, -0.05) is 117 Å². The molecule has 2 heterocycles. The molecule has 0 amide bonds. The van der Waals surface area contributed by atoms with Crippen molar-refractivity contribution in [2.75, 3.05) is 0 Å². The van der Waals surface area contributed by atoms with Crippen LogP contribution in [0.4, 0.5) is 8.78 Å². The van der Waals surface area contributed by atoms with E-state index in [0.717, 1.165) is 44.2 Å². The van der Waals surface area contributed by atoms with E-state index in [1.807, 2.05) is 6.08 Å². The number of benzene rings is 1. The van der Waals surface area contributed by atoms with Crippen molar-refractivity contribution in [1.29, 1.82) is 0 Å². The van der Waals surface area contributed by atoms with Gasteiger partial charge in [-0.05, 0) is 109 Å². The van der Waals surface area contributed by atoms with Crippen molar-refractivity contribution in [3.05, 3.63) is 172 Å². The monoisotopic (exact) mass is 856 g/mol. The van der Waals surface area contributed by atoms with Crippen molar-refractivity contribution in [3.63, 3.8) is 0 Å². The standard InChI is InChI=1S/C58H62F2N2O2/c1-33-30-49(61(37-22-18-35(59)19-23-37)47-14-8-12-42-40-10-4-6-16-51(40)63-56(42)47)45-32-46-53-34(28-29-58(46,2)3)31-50(44-27-26-39(33)54(45)55(44)53)62(38-24-20-36(60)21-25-38)48-15-9-13-43-41-11-5-7-17-52(41)64-57(43)48/h4-6,8-13,15-16,18,20,22,24-27,31-34,36,40-43,45,47,49,51-53,56-57H,7,14,17,19,21,23,28-30H2,1-3H3. The van der Waals surface area contributed by atoms with Gasteiger partial charge >= 0.3 is 0 Å². The fraction of sp³-hybridized carbons (Fsp3) is 0.483. The lowest BCUT2D eigenvalue weighted by molar-refractivity contribution is -0.0180. The van der Waals surface area contributed by atoms with E-state index >= 15 is 0 Å². The zero-order valence-electron chi connectivity index (χ0n) is 37.5. The third-order valence-corrected chi connectivity index (χ3v) is 17.9. The zero-order chi connectivity index (χ0) is 43.0. The highest BCUT2D eigenvalue weighted by Crippen LogP contribution is 2.64. The van der Waals surface area contributed by atoms with E-state index < -0.39 is 6.17 Å². The molecule has 15 atom stereocenters. The Morgan fingerprint density at radius 3 is 2.53 bits per heavy atom. The van der Waals surface area contributed by atoms with Crippen molar-refractivity contribution in [3.8, 4) is 0 Å². The molecule has 3 fully saturated rings. The lowest BCUT2D eigenvalue weighted by Gasteiger charge is -2.56. The van der Waals surface area contributed by atoms with Gasteiger partial charge in [0.2, 0.25) is 0 Å². The molecule has 1 aromatic carbocycles. The highest BCUT2D eigenvalue weighted by atomic mass is 19.1. The fourth-order valence-corrected chi connectivity index (χ4v) is 14.9. The Morgan fingerprint density at radius 2 is 1.67 bits per heavy atom. The van der Waals surface area contributed by atoms with Gasteiger partial charge in [0.1, 0.15) is 18.1 Å². The molecule has 0 spiro atoms. The molecule has 330 valence electrons. The molecule has 13 rings (SSSR count). The minimum absolute atomic E-state index is 0.0282. The lowest BCUT2D eigenvalue weighted by atomic mass is 9.53. The van der Waals surface area contributed by atoms with Gasteiger partial charge in [-0.15, -0.1) is 0 Å². The van der Waals surface area contributed by atoms with Crippen molar-refractivity contribution in [2.45, 2.75) is 139 Å². The summed E-state index contributed by atoms with van der Waals surface area (Å²) >= 11 is 0. The van der Waals surface area contributed by atoms with Crippen LogP contribution in [-0.4, -0.2) is 52.5 Å². The van der Waals surface area contributed by atoms with Crippen LogP contribution in [0.2, 0.25) is 0 Å². The van der Waals surface area contributed by atoms with Gasteiger partial charge in [0.15, 0.2) is 0 Å². The Kier molecular flexibility index (Phi) is 9.33. The number of ether oxygens (including phenoxy) is 2. The van der Waals surface area contributed by atoms with E-state index in [2.05, 4.69) is 134 Å². The van der Waals surface area contributed by atoms with E-state index in [0.29, 0.717) is 54.8 Å². The third-order valence-electron chi connectivity index (χ3n) is 17.9. The number of nitrogens with zero attached hydrogens (tertiary/aromatic N) is 2. The summed E-state index contributed by atoms with van der Waals surface area (Å²) in [7, 11) is 0. The predicted molar refractivity (Wildman–Crippen MR) is 251 cm³/mol. The minimum atomic E-state index is -0.980. The maximum absolute atomic E-state index is 15.0. The molecule has 0 aromatic heterocycles. The van der Waals surface area contributed by atoms with Gasteiger partial charge in [0.05, 0.1) is 30.1 Å². The van der Waals surface area contributed by atoms with Gasteiger partial charge < -0.3 is 19.3 Å². The summed E-state index contributed by atoms with van der Waals surface area (Å²) in [5.41, 5.74) is 12.2. The quantitative estimate of drug-likeness (QED) is 0.266. The van der Waals surface area contributed by atoms with Crippen LogP contribution < -0.4 is 0 Å². The highest BCUT2D eigenvalue weighted by Gasteiger charge is 2.55. The zero-order valence-corrected chi connectivity index (χ0v) is 37.5. The second kappa shape index (κ2) is 15.0. The van der Waals surface area contributed by atoms with Gasteiger partial charge in [0, 0.05) is 77.0 Å². The SMILES string of the molecule is CC1CC(N(C2=CC=C(F)CC2)C2CC=CC3C4C=CC=CC4OC32)C2C=C3C4c5c(ccc1c52)C(N(C1=CCC(F)C=C1)C1=CC=CC2C1OC1CCC=CC12)=CC4CCC3(C)C. The number of alkyl halides is 1. The Morgan fingerprint density at radius 1 is 0.797 bits per heavy atom. The minimum Gasteiger partial charge on any atom is -0.367 e. The summed E-state index contributed by atoms with van der Waals surface area (Å²) in [5, 5.41) is 0. The molecule has 6 heteroatoms. The second-order valence-corrected chi connectivity index (χ2v) is 21.7. The maximum atomic E-state index is 15.0. The average molecular weight is 857 g/mol. The van der Waals surface area contributed by atoms with E-state index in [1.54, 1.807) is 17.7 Å². The number of rotatable bonds is 6. The summed E-state index contributed by atoms with van der Waals surface area (Å²) < 4.78 is 44.2. The molecule has 0 bridgehead atoms. The summed E-state index contributed by atoms with van der Waals surface area (Å²) in [6.45, 7) is 7.44. The van der Waals surface area contributed by atoms with Crippen LogP contribution >= 0.6 is 0 Å². The van der Waals surface area contributed by atoms with Crippen LogP contribution in [0.3, 0.4) is 0 Å². The first-order chi connectivity index (χ1) is 31.2. The highest BCUT2D eigenvalue weighted by molar-refractivity contribution is 5.78. The van der Waals surface area contributed by atoms with Crippen LogP contribution in [-0.2, 0) is 9.47 Å². The van der Waals surface area contributed by atoms with Crippen molar-refractivity contribution in [1.82, 2.24) is 9.80 Å².